The Hall–Kier alpha value is -3.49. The maximum Gasteiger partial charge on any atom is 0.270 e. The second-order valence-corrected chi connectivity index (χ2v) is 8.94. The molecule has 2 aromatic heterocycles. The minimum Gasteiger partial charge on any atom is -0.339 e. The molecule has 4 rings (SSSR count). The van der Waals surface area contributed by atoms with Gasteiger partial charge in [0.1, 0.15) is 18.1 Å². The number of nitrogens with one attached hydrogen (secondary N) is 2. The van der Waals surface area contributed by atoms with Crippen molar-refractivity contribution in [3.63, 3.8) is 0 Å². The normalized spacial score (nSPS) is 15.4. The van der Waals surface area contributed by atoms with Crippen molar-refractivity contribution in [1.82, 2.24) is 29.9 Å². The Morgan fingerprint density at radius 2 is 1.79 bits per heavy atom. The van der Waals surface area contributed by atoms with E-state index < -0.39 is 6.04 Å². The lowest BCUT2D eigenvalue weighted by Gasteiger charge is -2.30. The highest BCUT2D eigenvalue weighted by atomic mass is 16.2. The van der Waals surface area contributed by atoms with Gasteiger partial charge in [0.2, 0.25) is 5.91 Å². The van der Waals surface area contributed by atoms with E-state index in [1.165, 1.54) is 6.42 Å². The molecule has 0 unspecified atom stereocenters. The van der Waals surface area contributed by atoms with Crippen LogP contribution in [0.15, 0.2) is 42.9 Å². The maximum absolute atomic E-state index is 13.3. The van der Waals surface area contributed by atoms with Crippen LogP contribution in [-0.2, 0) is 11.8 Å². The number of benzene rings is 1. The van der Waals surface area contributed by atoms with Crippen molar-refractivity contribution < 1.29 is 9.59 Å². The molecule has 1 aromatic carbocycles. The summed E-state index contributed by atoms with van der Waals surface area (Å²) in [5.41, 5.74) is 2.05. The van der Waals surface area contributed by atoms with Gasteiger partial charge in [-0.2, -0.15) is 5.10 Å². The molecule has 33 heavy (non-hydrogen) atoms. The fourth-order valence-electron chi connectivity index (χ4n) is 4.45. The van der Waals surface area contributed by atoms with E-state index in [1.807, 2.05) is 49.7 Å². The van der Waals surface area contributed by atoms with Gasteiger partial charge in [0, 0.05) is 30.5 Å². The number of amides is 2. The van der Waals surface area contributed by atoms with Crippen LogP contribution in [0.5, 0.6) is 0 Å². The first-order valence-corrected chi connectivity index (χ1v) is 11.5. The number of aromatic nitrogens is 5. The lowest BCUT2D eigenvalue weighted by molar-refractivity contribution is -0.119. The average molecular weight is 450 g/mol. The molecule has 9 heteroatoms. The van der Waals surface area contributed by atoms with Gasteiger partial charge in [0.05, 0.1) is 0 Å². The number of carbonyl (C=O) groups excluding carboxylic acids is 2. The van der Waals surface area contributed by atoms with Crippen molar-refractivity contribution in [1.29, 1.82) is 0 Å². The summed E-state index contributed by atoms with van der Waals surface area (Å²) in [5, 5.41) is 18.3. The van der Waals surface area contributed by atoms with Gasteiger partial charge < -0.3 is 15.2 Å². The van der Waals surface area contributed by atoms with Crippen LogP contribution in [0.1, 0.15) is 62.5 Å². The Balaban J connectivity index is 1.50. The highest BCUT2D eigenvalue weighted by Crippen LogP contribution is 2.28. The van der Waals surface area contributed by atoms with Crippen molar-refractivity contribution in [3.05, 3.63) is 48.5 Å². The summed E-state index contributed by atoms with van der Waals surface area (Å²) in [7, 11) is 1.88. The van der Waals surface area contributed by atoms with Crippen LogP contribution in [0, 0.1) is 5.92 Å². The predicted molar refractivity (Wildman–Crippen MR) is 126 cm³/mol. The molecule has 2 amide bonds. The van der Waals surface area contributed by atoms with Crippen LogP contribution in [0.25, 0.3) is 11.4 Å². The standard InChI is InChI=1S/C24H31N7O2/c1-16(2)31-20(13-14-26-31)23(32)28-21(17-7-5-4-6-8-17)24(33)27-19-11-9-18(10-12-19)22-29-25-15-30(22)3/h9-17,21H,4-8H2,1-3H3,(H,27,33)(H,28,32)/t21-/m0/s1. The molecule has 1 saturated carbocycles. The summed E-state index contributed by atoms with van der Waals surface area (Å²) in [4.78, 5) is 26.4. The Morgan fingerprint density at radius 3 is 2.42 bits per heavy atom. The molecule has 9 nitrogen and oxygen atoms in total. The van der Waals surface area contributed by atoms with Crippen LogP contribution >= 0.6 is 0 Å². The molecule has 1 aliphatic rings. The van der Waals surface area contributed by atoms with E-state index in [0.29, 0.717) is 11.4 Å². The monoisotopic (exact) mass is 449 g/mol. The molecular weight excluding hydrogens is 418 g/mol. The van der Waals surface area contributed by atoms with Gasteiger partial charge in [0.15, 0.2) is 5.82 Å². The van der Waals surface area contributed by atoms with Crippen LogP contribution in [0.2, 0.25) is 0 Å². The first-order valence-electron chi connectivity index (χ1n) is 11.5. The lowest BCUT2D eigenvalue weighted by atomic mass is 9.83. The van der Waals surface area contributed by atoms with Gasteiger partial charge in [-0.1, -0.05) is 19.3 Å². The summed E-state index contributed by atoms with van der Waals surface area (Å²) in [6, 6.07) is 8.62. The summed E-state index contributed by atoms with van der Waals surface area (Å²) in [6.45, 7) is 3.94. The minimum absolute atomic E-state index is 0.0511. The van der Waals surface area contributed by atoms with Gasteiger partial charge in [0.25, 0.3) is 5.91 Å². The first kappa shape index (κ1) is 22.7. The zero-order valence-electron chi connectivity index (χ0n) is 19.4. The summed E-state index contributed by atoms with van der Waals surface area (Å²) in [6.07, 6.45) is 8.42. The van der Waals surface area contributed by atoms with Crippen molar-refractivity contribution in [2.24, 2.45) is 13.0 Å². The molecule has 0 aliphatic heterocycles. The number of nitrogens with zero attached hydrogens (tertiary/aromatic N) is 5. The minimum atomic E-state index is -0.605. The topological polar surface area (TPSA) is 107 Å². The van der Waals surface area contributed by atoms with Crippen LogP contribution in [-0.4, -0.2) is 42.4 Å². The fourth-order valence-corrected chi connectivity index (χ4v) is 4.45. The van der Waals surface area contributed by atoms with E-state index in [0.717, 1.165) is 37.1 Å². The van der Waals surface area contributed by atoms with Gasteiger partial charge in [-0.3, -0.25) is 14.3 Å². The lowest BCUT2D eigenvalue weighted by Crippen LogP contribution is -2.49. The van der Waals surface area contributed by atoms with Crippen LogP contribution < -0.4 is 10.6 Å². The van der Waals surface area contributed by atoms with E-state index in [9.17, 15) is 9.59 Å². The molecule has 0 saturated heterocycles. The highest BCUT2D eigenvalue weighted by molar-refractivity contribution is 6.00. The fraction of sp³-hybridized carbons (Fsp3) is 0.458. The van der Waals surface area contributed by atoms with E-state index >= 15 is 0 Å². The van der Waals surface area contributed by atoms with Crippen molar-refractivity contribution in [2.75, 3.05) is 5.32 Å². The molecule has 1 aliphatic carbocycles. The van der Waals surface area contributed by atoms with E-state index in [1.54, 1.807) is 23.3 Å². The number of hydrogen-bond acceptors (Lipinski definition) is 5. The summed E-state index contributed by atoms with van der Waals surface area (Å²) in [5.74, 6) is 0.389. The molecule has 3 aromatic rings. The zero-order valence-corrected chi connectivity index (χ0v) is 19.4. The van der Waals surface area contributed by atoms with Crippen molar-refractivity contribution in [3.8, 4) is 11.4 Å². The Bertz CT molecular complexity index is 1090. The predicted octanol–water partition coefficient (Wildman–Crippen LogP) is 3.58. The molecule has 2 heterocycles. The van der Waals surface area contributed by atoms with Crippen LogP contribution in [0.4, 0.5) is 5.69 Å². The third-order valence-corrected chi connectivity index (χ3v) is 6.20. The Labute approximate surface area is 193 Å². The van der Waals surface area contributed by atoms with Crippen LogP contribution in [0.3, 0.4) is 0 Å². The molecule has 0 radical (unpaired) electrons. The third kappa shape index (κ3) is 5.13. The Kier molecular flexibility index (Phi) is 6.86. The van der Waals surface area contributed by atoms with Gasteiger partial charge in [-0.05, 0) is 62.9 Å². The largest absolute Gasteiger partial charge is 0.339 e. The quantitative estimate of drug-likeness (QED) is 0.573. The number of rotatable bonds is 7. The smallest absolute Gasteiger partial charge is 0.270 e. The van der Waals surface area contributed by atoms with Gasteiger partial charge in [-0.15, -0.1) is 10.2 Å². The molecule has 1 atom stereocenters. The highest BCUT2D eigenvalue weighted by Gasteiger charge is 2.32. The zero-order chi connectivity index (χ0) is 23.4. The SMILES string of the molecule is CC(C)n1nccc1C(=O)N[C@H](C(=O)Nc1ccc(-c2nncn2C)cc1)C1CCCCC1. The van der Waals surface area contributed by atoms with Crippen molar-refractivity contribution in [2.45, 2.75) is 58.0 Å². The molecule has 0 bridgehead atoms. The summed E-state index contributed by atoms with van der Waals surface area (Å²) >= 11 is 0. The molecule has 1 fully saturated rings. The molecular formula is C24H31N7O2. The second kappa shape index (κ2) is 9.97. The molecule has 0 spiro atoms. The van der Waals surface area contributed by atoms with E-state index in [2.05, 4.69) is 25.9 Å². The maximum atomic E-state index is 13.3. The molecule has 174 valence electrons. The third-order valence-electron chi connectivity index (χ3n) is 6.20. The van der Waals surface area contributed by atoms with Crippen molar-refractivity contribution >= 4 is 17.5 Å². The van der Waals surface area contributed by atoms with Gasteiger partial charge >= 0.3 is 0 Å². The number of aryl methyl sites for hydroxylation is 1. The first-order chi connectivity index (χ1) is 15.9. The van der Waals surface area contributed by atoms with E-state index in [-0.39, 0.29) is 23.8 Å². The average Bonchev–Trinajstić information content (AvgIpc) is 3.48. The molecule has 2 N–H and O–H groups in total. The van der Waals surface area contributed by atoms with E-state index in [4.69, 9.17) is 0 Å². The number of hydrogen-bond donors (Lipinski definition) is 2. The second-order valence-electron chi connectivity index (χ2n) is 8.94. The number of anilines is 1. The number of carbonyl (C=O) groups is 2. The van der Waals surface area contributed by atoms with Gasteiger partial charge in [-0.25, -0.2) is 0 Å². The Morgan fingerprint density at radius 1 is 1.06 bits per heavy atom. The summed E-state index contributed by atoms with van der Waals surface area (Å²) < 4.78 is 3.51.